The fourth-order valence-corrected chi connectivity index (χ4v) is 3.29. The number of thioether (sulfide) groups is 1. The van der Waals surface area contributed by atoms with Gasteiger partial charge in [-0.3, -0.25) is 4.79 Å². The van der Waals surface area contributed by atoms with E-state index in [0.717, 1.165) is 6.08 Å². The fraction of sp³-hybridized carbons (Fsp3) is 0.600. The molecule has 0 amide bonds. The molecule has 0 radical (unpaired) electrons. The second kappa shape index (κ2) is 7.28. The van der Waals surface area contributed by atoms with Crippen LogP contribution in [0.5, 0.6) is 0 Å². The van der Waals surface area contributed by atoms with Crippen LogP contribution in [0.2, 0.25) is 0 Å². The number of hydrogen-bond acceptors (Lipinski definition) is 6. The maximum Gasteiger partial charge on any atom is 0.430 e. The molecule has 2 fully saturated rings. The molecule has 134 valence electrons. The van der Waals surface area contributed by atoms with E-state index in [1.54, 1.807) is 13.8 Å². The molecule has 0 aromatic carbocycles. The quantitative estimate of drug-likeness (QED) is 0.760. The summed E-state index contributed by atoms with van der Waals surface area (Å²) in [6.45, 7) is 7.49. The number of carbonyl (C=O) groups excluding carboxylic acids is 1. The normalized spacial score (nSPS) is 28.6. The highest BCUT2D eigenvalue weighted by Gasteiger charge is 2.43. The van der Waals surface area contributed by atoms with Crippen molar-refractivity contribution in [2.75, 3.05) is 6.61 Å². The van der Waals surface area contributed by atoms with Crippen molar-refractivity contribution in [2.24, 2.45) is 16.6 Å². The Kier molecular flexibility index (Phi) is 5.77. The van der Waals surface area contributed by atoms with Crippen LogP contribution < -0.4 is 5.73 Å². The van der Waals surface area contributed by atoms with Crippen LogP contribution in [0.1, 0.15) is 20.3 Å². The summed E-state index contributed by atoms with van der Waals surface area (Å²) in [5, 5.41) is 0.0847. The fourth-order valence-electron chi connectivity index (χ4n) is 2.24. The Morgan fingerprint density at radius 1 is 1.50 bits per heavy atom. The van der Waals surface area contributed by atoms with Crippen LogP contribution in [0.3, 0.4) is 0 Å². The number of rotatable bonds is 5. The minimum absolute atomic E-state index is 0.150. The van der Waals surface area contributed by atoms with Crippen molar-refractivity contribution >= 4 is 23.3 Å². The van der Waals surface area contributed by atoms with E-state index >= 15 is 0 Å². The van der Waals surface area contributed by atoms with Crippen molar-refractivity contribution in [1.29, 1.82) is 0 Å². The molecule has 2 aliphatic rings. The van der Waals surface area contributed by atoms with E-state index in [4.69, 9.17) is 15.2 Å². The van der Waals surface area contributed by atoms with Crippen LogP contribution in [0.4, 0.5) is 13.2 Å². The first-order valence-corrected chi connectivity index (χ1v) is 8.24. The predicted molar refractivity (Wildman–Crippen MR) is 85.4 cm³/mol. The topological polar surface area (TPSA) is 73.9 Å². The summed E-state index contributed by atoms with van der Waals surface area (Å²) in [6, 6.07) is 0. The van der Waals surface area contributed by atoms with Gasteiger partial charge in [-0.15, -0.1) is 11.8 Å². The molecule has 3 unspecified atom stereocenters. The van der Waals surface area contributed by atoms with Crippen molar-refractivity contribution in [1.82, 2.24) is 0 Å². The summed E-state index contributed by atoms with van der Waals surface area (Å²) in [4.78, 5) is 15.9. The van der Waals surface area contributed by atoms with Gasteiger partial charge in [0.05, 0.1) is 17.7 Å². The number of nitrogens with two attached hydrogens (primary N) is 1. The lowest BCUT2D eigenvalue weighted by molar-refractivity contribution is -0.151. The monoisotopic (exact) mass is 364 g/mol. The van der Waals surface area contributed by atoms with Crippen LogP contribution in [0, 0.1) is 5.92 Å². The first-order valence-electron chi connectivity index (χ1n) is 7.36. The number of ether oxygens (including phenoxy) is 2. The Morgan fingerprint density at radius 3 is 2.75 bits per heavy atom. The molecule has 0 spiro atoms. The van der Waals surface area contributed by atoms with Gasteiger partial charge in [0.15, 0.2) is 5.78 Å². The number of hydrogen-bond donors (Lipinski definition) is 1. The maximum atomic E-state index is 12.6. The Bertz CT molecular complexity index is 587. The summed E-state index contributed by atoms with van der Waals surface area (Å²) < 4.78 is 48.4. The molecule has 9 heteroatoms. The summed E-state index contributed by atoms with van der Waals surface area (Å²) in [5.74, 6) is -0.421. The van der Waals surface area contributed by atoms with Crippen molar-refractivity contribution < 1.29 is 27.4 Å². The first kappa shape index (κ1) is 19.0. The van der Waals surface area contributed by atoms with Crippen LogP contribution >= 0.6 is 11.8 Å². The lowest BCUT2D eigenvalue weighted by Gasteiger charge is -2.25. The molecule has 2 aliphatic heterocycles. The molecule has 2 rings (SSSR count). The van der Waals surface area contributed by atoms with Gasteiger partial charge in [-0.2, -0.15) is 13.2 Å². The third kappa shape index (κ3) is 4.61. The molecular weight excluding hydrogens is 345 g/mol. The minimum atomic E-state index is -4.61. The first-order chi connectivity index (χ1) is 11.1. The minimum Gasteiger partial charge on any atom is -0.395 e. The molecule has 2 saturated heterocycles. The van der Waals surface area contributed by atoms with Crippen LogP contribution in [0.25, 0.3) is 0 Å². The number of aliphatic imine (C=N–C) groups is 1. The van der Waals surface area contributed by atoms with Crippen molar-refractivity contribution in [3.8, 4) is 0 Å². The molecule has 24 heavy (non-hydrogen) atoms. The Morgan fingerprint density at radius 2 is 2.17 bits per heavy atom. The maximum absolute atomic E-state index is 12.6. The van der Waals surface area contributed by atoms with Gasteiger partial charge in [-0.25, -0.2) is 4.99 Å². The number of carbonyl (C=O) groups is 1. The highest BCUT2D eigenvalue weighted by atomic mass is 32.2. The molecule has 2 heterocycles. The highest BCUT2D eigenvalue weighted by molar-refractivity contribution is 8.03. The van der Waals surface area contributed by atoms with Crippen molar-refractivity contribution in [3.05, 3.63) is 23.4 Å². The summed E-state index contributed by atoms with van der Waals surface area (Å²) in [7, 11) is 0. The number of halogens is 3. The molecular formula is C15H19F3N2O3S. The van der Waals surface area contributed by atoms with E-state index in [-0.39, 0.29) is 35.2 Å². The lowest BCUT2D eigenvalue weighted by Crippen LogP contribution is -2.37. The van der Waals surface area contributed by atoms with Crippen LogP contribution in [-0.2, 0) is 14.3 Å². The van der Waals surface area contributed by atoms with Gasteiger partial charge in [0.25, 0.3) is 0 Å². The van der Waals surface area contributed by atoms with Gasteiger partial charge in [0.1, 0.15) is 5.70 Å². The molecule has 0 aromatic rings. The number of ketones is 1. The molecule has 0 aromatic heterocycles. The van der Waals surface area contributed by atoms with Gasteiger partial charge in [-0.1, -0.05) is 20.4 Å². The zero-order valence-corrected chi connectivity index (χ0v) is 14.1. The third-order valence-electron chi connectivity index (χ3n) is 3.55. The Labute approximate surface area is 142 Å². The average Bonchev–Trinajstić information content (AvgIpc) is 2.88. The van der Waals surface area contributed by atoms with Crippen LogP contribution in [-0.4, -0.2) is 41.9 Å². The zero-order chi connectivity index (χ0) is 18.1. The van der Waals surface area contributed by atoms with E-state index in [9.17, 15) is 18.0 Å². The van der Waals surface area contributed by atoms with Crippen LogP contribution in [0.15, 0.2) is 28.4 Å². The SMILES string of the molecule is C=C(N=C(/C=C(\N)C(F)(F)F)C(C)C)SC1CC(=O)C2OCC1O2. The van der Waals surface area contributed by atoms with E-state index in [2.05, 4.69) is 11.6 Å². The number of alkyl halides is 3. The standard InChI is InChI=1S/C15H19F3N2O3S/c1-7(2)9(4-13(19)15(16,17)18)20-8(3)24-12-5-10(21)14-22-6-11(12)23-14/h4,7,11-12,14H,3,5-6,19H2,1-2H3/b13-4-,20-9?. The zero-order valence-electron chi connectivity index (χ0n) is 13.3. The molecule has 2 N–H and O–H groups in total. The van der Waals surface area contributed by atoms with Gasteiger partial charge in [0, 0.05) is 17.4 Å². The summed E-state index contributed by atoms with van der Waals surface area (Å²) >= 11 is 1.20. The molecule has 0 aliphatic carbocycles. The second-order valence-corrected chi connectivity index (χ2v) is 7.16. The largest absolute Gasteiger partial charge is 0.430 e. The molecule has 5 nitrogen and oxygen atoms in total. The number of Topliss-reactive ketones (excluding diaryl/α,β-unsaturated/α-hetero) is 1. The molecule has 0 saturated carbocycles. The van der Waals surface area contributed by atoms with Crippen molar-refractivity contribution in [3.63, 3.8) is 0 Å². The summed E-state index contributed by atoms with van der Waals surface area (Å²) in [5.41, 5.74) is 4.01. The highest BCUT2D eigenvalue weighted by Crippen LogP contribution is 2.36. The van der Waals surface area contributed by atoms with Crippen molar-refractivity contribution in [2.45, 2.75) is 44.1 Å². The van der Waals surface area contributed by atoms with Gasteiger partial charge < -0.3 is 15.2 Å². The number of nitrogens with zero attached hydrogens (tertiary/aromatic N) is 1. The number of allylic oxidation sites excluding steroid dienone is 2. The molecule has 2 bridgehead atoms. The predicted octanol–water partition coefficient (Wildman–Crippen LogP) is 2.78. The third-order valence-corrected chi connectivity index (χ3v) is 4.69. The van der Waals surface area contributed by atoms with Gasteiger partial charge in [0.2, 0.25) is 6.29 Å². The molecule has 3 atom stereocenters. The lowest BCUT2D eigenvalue weighted by atomic mass is 10.1. The number of fused-ring (bicyclic) bond motifs is 2. The Hall–Kier alpha value is -1.32. The van der Waals surface area contributed by atoms with E-state index in [0.29, 0.717) is 11.6 Å². The second-order valence-electron chi connectivity index (χ2n) is 5.85. The average molecular weight is 364 g/mol. The van der Waals surface area contributed by atoms with E-state index in [1.165, 1.54) is 11.8 Å². The van der Waals surface area contributed by atoms with E-state index in [1.807, 2.05) is 0 Å². The summed E-state index contributed by atoms with van der Waals surface area (Å²) in [6.07, 6.45) is -4.57. The van der Waals surface area contributed by atoms with Gasteiger partial charge in [-0.05, 0) is 12.0 Å². The Balaban J connectivity index is 2.09. The smallest absolute Gasteiger partial charge is 0.395 e. The van der Waals surface area contributed by atoms with E-state index < -0.39 is 18.2 Å². The van der Waals surface area contributed by atoms with Gasteiger partial charge >= 0.3 is 6.18 Å².